The van der Waals surface area contributed by atoms with Crippen LogP contribution < -0.4 is 10.6 Å². The molecule has 2 aliphatic rings. The Labute approximate surface area is 117 Å². The van der Waals surface area contributed by atoms with Gasteiger partial charge in [-0.15, -0.1) is 0 Å². The average Bonchev–Trinajstić information content (AvgIpc) is 2.39. The topological polar surface area (TPSA) is 78.4 Å². The van der Waals surface area contributed by atoms with Crippen LogP contribution >= 0.6 is 11.8 Å². The van der Waals surface area contributed by atoms with E-state index in [-0.39, 0.29) is 18.4 Å². The standard InChI is InChI=1S/C13H22N2O3S/c16-11(17)8-13(4-2-1-3-5-13)15-12(18)10-9-19-7-6-14-10/h10,14H,1-9H2,(H,15,18)(H,16,17). The summed E-state index contributed by atoms with van der Waals surface area (Å²) in [6.07, 6.45) is 4.74. The summed E-state index contributed by atoms with van der Waals surface area (Å²) in [6.45, 7) is 0.842. The van der Waals surface area contributed by atoms with Crippen molar-refractivity contribution in [1.82, 2.24) is 10.6 Å². The van der Waals surface area contributed by atoms with Crippen LogP contribution in [0.25, 0.3) is 0 Å². The monoisotopic (exact) mass is 286 g/mol. The van der Waals surface area contributed by atoms with Crippen molar-refractivity contribution in [3.05, 3.63) is 0 Å². The molecule has 1 heterocycles. The zero-order chi connectivity index (χ0) is 13.7. The first kappa shape index (κ1) is 14.7. The lowest BCUT2D eigenvalue weighted by molar-refractivity contribution is -0.139. The molecular formula is C13H22N2O3S. The molecule has 1 unspecified atom stereocenters. The van der Waals surface area contributed by atoms with Crippen LogP contribution in [0.2, 0.25) is 0 Å². The number of carboxylic acid groups (broad SMARTS) is 1. The van der Waals surface area contributed by atoms with Crippen LogP contribution in [0.15, 0.2) is 0 Å². The maximum atomic E-state index is 12.3. The highest BCUT2D eigenvalue weighted by atomic mass is 32.2. The van der Waals surface area contributed by atoms with E-state index in [1.165, 1.54) is 0 Å². The molecule has 1 amide bonds. The smallest absolute Gasteiger partial charge is 0.305 e. The van der Waals surface area contributed by atoms with Gasteiger partial charge in [-0.2, -0.15) is 11.8 Å². The van der Waals surface area contributed by atoms with Gasteiger partial charge in [0.1, 0.15) is 0 Å². The SMILES string of the molecule is O=C(O)CC1(NC(=O)C2CSCCN2)CCCCC1. The highest BCUT2D eigenvalue weighted by Gasteiger charge is 2.37. The minimum absolute atomic E-state index is 0.0321. The summed E-state index contributed by atoms with van der Waals surface area (Å²) in [5.41, 5.74) is -0.523. The maximum absolute atomic E-state index is 12.3. The minimum atomic E-state index is -0.826. The molecule has 2 rings (SSSR count). The number of rotatable bonds is 4. The lowest BCUT2D eigenvalue weighted by atomic mass is 9.79. The van der Waals surface area contributed by atoms with Gasteiger partial charge in [-0.3, -0.25) is 9.59 Å². The highest BCUT2D eigenvalue weighted by Crippen LogP contribution is 2.31. The van der Waals surface area contributed by atoms with Gasteiger partial charge in [-0.25, -0.2) is 0 Å². The van der Waals surface area contributed by atoms with Gasteiger partial charge < -0.3 is 15.7 Å². The number of hydrogen-bond donors (Lipinski definition) is 3. The Kier molecular flexibility index (Phi) is 5.10. The van der Waals surface area contributed by atoms with Crippen molar-refractivity contribution in [2.24, 2.45) is 0 Å². The van der Waals surface area contributed by atoms with Gasteiger partial charge in [0.05, 0.1) is 18.0 Å². The molecule has 0 aromatic rings. The first-order chi connectivity index (χ1) is 9.11. The Hall–Kier alpha value is -0.750. The summed E-state index contributed by atoms with van der Waals surface area (Å²) in [7, 11) is 0. The van der Waals surface area contributed by atoms with Gasteiger partial charge in [-0.1, -0.05) is 19.3 Å². The molecule has 5 nitrogen and oxygen atoms in total. The number of carbonyl (C=O) groups is 2. The summed E-state index contributed by atoms with van der Waals surface area (Å²) >= 11 is 1.77. The maximum Gasteiger partial charge on any atom is 0.305 e. The number of hydrogen-bond acceptors (Lipinski definition) is 4. The second kappa shape index (κ2) is 6.61. The van der Waals surface area contributed by atoms with Crippen molar-refractivity contribution in [2.45, 2.75) is 50.1 Å². The third-order valence-corrected chi connectivity index (χ3v) is 4.99. The van der Waals surface area contributed by atoms with Crippen molar-refractivity contribution < 1.29 is 14.7 Å². The zero-order valence-electron chi connectivity index (χ0n) is 11.1. The molecule has 1 saturated heterocycles. The van der Waals surface area contributed by atoms with E-state index in [0.717, 1.165) is 50.2 Å². The summed E-state index contributed by atoms with van der Waals surface area (Å²) in [5.74, 6) is 0.947. The van der Waals surface area contributed by atoms with Crippen molar-refractivity contribution in [1.29, 1.82) is 0 Å². The van der Waals surface area contributed by atoms with Gasteiger partial charge >= 0.3 is 5.97 Å². The molecule has 0 spiro atoms. The van der Waals surface area contributed by atoms with Crippen LogP contribution in [0.1, 0.15) is 38.5 Å². The highest BCUT2D eigenvalue weighted by molar-refractivity contribution is 7.99. The Morgan fingerprint density at radius 3 is 2.63 bits per heavy atom. The predicted octanol–water partition coefficient (Wildman–Crippen LogP) is 0.985. The minimum Gasteiger partial charge on any atom is -0.481 e. The number of amides is 1. The molecule has 108 valence electrons. The Bertz CT molecular complexity index is 337. The summed E-state index contributed by atoms with van der Waals surface area (Å²) in [5, 5.41) is 15.3. The largest absolute Gasteiger partial charge is 0.481 e. The lowest BCUT2D eigenvalue weighted by Gasteiger charge is -2.38. The first-order valence-electron chi connectivity index (χ1n) is 6.96. The van der Waals surface area contributed by atoms with Crippen molar-refractivity contribution >= 4 is 23.6 Å². The van der Waals surface area contributed by atoms with E-state index in [1.54, 1.807) is 11.8 Å². The van der Waals surface area contributed by atoms with Crippen molar-refractivity contribution in [3.8, 4) is 0 Å². The molecule has 0 aromatic carbocycles. The number of thioether (sulfide) groups is 1. The molecule has 0 aromatic heterocycles. The van der Waals surface area contributed by atoms with Gasteiger partial charge in [0, 0.05) is 18.1 Å². The van der Waals surface area contributed by atoms with E-state index in [9.17, 15) is 9.59 Å². The van der Waals surface area contributed by atoms with Crippen molar-refractivity contribution in [3.63, 3.8) is 0 Å². The molecule has 19 heavy (non-hydrogen) atoms. The molecule has 1 aliphatic heterocycles. The van der Waals surface area contributed by atoms with Crippen LogP contribution in [0.4, 0.5) is 0 Å². The molecule has 1 saturated carbocycles. The summed E-state index contributed by atoms with van der Waals surface area (Å²) < 4.78 is 0. The van der Waals surface area contributed by atoms with Crippen LogP contribution in [-0.4, -0.2) is 46.6 Å². The van der Waals surface area contributed by atoms with E-state index in [2.05, 4.69) is 10.6 Å². The molecule has 0 radical (unpaired) electrons. The van der Waals surface area contributed by atoms with E-state index in [0.29, 0.717) is 0 Å². The molecule has 6 heteroatoms. The summed E-state index contributed by atoms with van der Waals surface area (Å²) in [4.78, 5) is 23.3. The van der Waals surface area contributed by atoms with Gasteiger partial charge in [0.15, 0.2) is 0 Å². The molecular weight excluding hydrogens is 264 g/mol. The molecule has 2 fully saturated rings. The normalized spacial score (nSPS) is 26.6. The fourth-order valence-electron chi connectivity index (χ4n) is 2.95. The van der Waals surface area contributed by atoms with Crippen molar-refractivity contribution in [2.75, 3.05) is 18.1 Å². The van der Waals surface area contributed by atoms with E-state index in [1.807, 2.05) is 0 Å². The average molecular weight is 286 g/mol. The fraction of sp³-hybridized carbons (Fsp3) is 0.846. The number of aliphatic carboxylic acids is 1. The molecule has 0 bridgehead atoms. The second-order valence-electron chi connectivity index (χ2n) is 5.48. The van der Waals surface area contributed by atoms with Gasteiger partial charge in [-0.05, 0) is 12.8 Å². The van der Waals surface area contributed by atoms with E-state index >= 15 is 0 Å². The lowest BCUT2D eigenvalue weighted by Crippen LogP contribution is -2.58. The fourth-order valence-corrected chi connectivity index (χ4v) is 3.88. The van der Waals surface area contributed by atoms with Crippen LogP contribution in [-0.2, 0) is 9.59 Å². The Morgan fingerprint density at radius 2 is 2.05 bits per heavy atom. The number of carboxylic acids is 1. The quantitative estimate of drug-likeness (QED) is 0.718. The van der Waals surface area contributed by atoms with Crippen LogP contribution in [0.5, 0.6) is 0 Å². The third-order valence-electron chi connectivity index (χ3n) is 3.93. The molecule has 3 N–H and O–H groups in total. The van der Waals surface area contributed by atoms with Gasteiger partial charge in [0.2, 0.25) is 5.91 Å². The Balaban J connectivity index is 1.98. The van der Waals surface area contributed by atoms with Gasteiger partial charge in [0.25, 0.3) is 0 Å². The van der Waals surface area contributed by atoms with E-state index in [4.69, 9.17) is 5.11 Å². The first-order valence-corrected chi connectivity index (χ1v) is 8.12. The van der Waals surface area contributed by atoms with Crippen LogP contribution in [0.3, 0.4) is 0 Å². The number of carbonyl (C=O) groups excluding carboxylic acids is 1. The number of nitrogens with one attached hydrogen (secondary N) is 2. The Morgan fingerprint density at radius 1 is 1.32 bits per heavy atom. The molecule has 1 atom stereocenters. The summed E-state index contributed by atoms with van der Waals surface area (Å²) in [6, 6.07) is -0.175. The van der Waals surface area contributed by atoms with Crippen LogP contribution in [0, 0.1) is 0 Å². The predicted molar refractivity (Wildman–Crippen MR) is 75.3 cm³/mol. The zero-order valence-corrected chi connectivity index (χ0v) is 11.9. The van der Waals surface area contributed by atoms with E-state index < -0.39 is 11.5 Å². The third kappa shape index (κ3) is 4.11. The molecule has 1 aliphatic carbocycles. The second-order valence-corrected chi connectivity index (χ2v) is 6.63.